The van der Waals surface area contributed by atoms with Crippen molar-refractivity contribution in [1.82, 2.24) is 14.8 Å². The van der Waals surface area contributed by atoms with E-state index in [0.717, 1.165) is 45.8 Å². The van der Waals surface area contributed by atoms with Gasteiger partial charge >= 0.3 is 0 Å². The Hall–Kier alpha value is -1.36. The van der Waals surface area contributed by atoms with Crippen molar-refractivity contribution in [2.45, 2.75) is 26.4 Å². The molecule has 0 aliphatic carbocycles. The Labute approximate surface area is 133 Å². The molecule has 1 aromatic heterocycles. The molecule has 3 rings (SSSR count). The quantitative estimate of drug-likeness (QED) is 0.796. The van der Waals surface area contributed by atoms with Crippen molar-refractivity contribution < 1.29 is 4.74 Å². The molecule has 2 heterocycles. The molecule has 120 valence electrons. The summed E-state index contributed by atoms with van der Waals surface area (Å²) in [5, 5.41) is 4.85. The fraction of sp³-hybridized carbons (Fsp3) is 0.556. The van der Waals surface area contributed by atoms with E-state index in [1.165, 1.54) is 27.6 Å². The minimum Gasteiger partial charge on any atom is -0.383 e. The molecule has 0 spiro atoms. The zero-order chi connectivity index (χ0) is 15.5. The second-order valence-electron chi connectivity index (χ2n) is 6.21. The Morgan fingerprint density at radius 2 is 2.00 bits per heavy atom. The highest BCUT2D eigenvalue weighted by molar-refractivity contribution is 5.85. The van der Waals surface area contributed by atoms with Crippen LogP contribution in [-0.4, -0.2) is 42.8 Å². The molecule has 22 heavy (non-hydrogen) atoms. The molecule has 2 aromatic rings. The maximum atomic E-state index is 5.21. The van der Waals surface area contributed by atoms with Crippen molar-refractivity contribution >= 4 is 10.9 Å². The number of hydrogen-bond acceptors (Lipinski definition) is 3. The van der Waals surface area contributed by atoms with Crippen LogP contribution in [0.3, 0.4) is 0 Å². The van der Waals surface area contributed by atoms with Crippen LogP contribution in [0.4, 0.5) is 0 Å². The Balaban J connectivity index is 1.84. The first-order valence-corrected chi connectivity index (χ1v) is 8.24. The highest BCUT2D eigenvalue weighted by atomic mass is 16.5. The number of fused-ring (bicyclic) bond motifs is 2. The van der Waals surface area contributed by atoms with Gasteiger partial charge in [0.15, 0.2) is 0 Å². The summed E-state index contributed by atoms with van der Waals surface area (Å²) in [6, 6.07) is 4.80. The summed E-state index contributed by atoms with van der Waals surface area (Å²) in [6.07, 6.45) is 3.39. The van der Waals surface area contributed by atoms with Crippen molar-refractivity contribution in [3.63, 3.8) is 0 Å². The number of ether oxygens (including phenoxy) is 1. The molecule has 4 heteroatoms. The summed E-state index contributed by atoms with van der Waals surface area (Å²) in [5.41, 5.74) is 5.78. The van der Waals surface area contributed by atoms with Crippen LogP contribution in [0.15, 0.2) is 18.3 Å². The topological polar surface area (TPSA) is 29.4 Å². The second kappa shape index (κ2) is 6.82. The molecule has 0 saturated heterocycles. The molecule has 1 aromatic carbocycles. The maximum absolute atomic E-state index is 5.21. The molecule has 1 aliphatic rings. The molecule has 0 bridgehead atoms. The van der Waals surface area contributed by atoms with Gasteiger partial charge in [0.05, 0.1) is 6.61 Å². The highest BCUT2D eigenvalue weighted by Crippen LogP contribution is 2.30. The molecule has 0 fully saturated rings. The zero-order valence-corrected chi connectivity index (χ0v) is 14.0. The van der Waals surface area contributed by atoms with Gasteiger partial charge in [-0.05, 0) is 48.3 Å². The summed E-state index contributed by atoms with van der Waals surface area (Å²) in [6.45, 7) is 8.16. The normalized spacial score (nSPS) is 14.9. The van der Waals surface area contributed by atoms with Crippen LogP contribution in [0.2, 0.25) is 0 Å². The molecule has 4 nitrogen and oxygen atoms in total. The van der Waals surface area contributed by atoms with Crippen molar-refractivity contribution in [3.8, 4) is 0 Å². The number of hydrogen-bond donors (Lipinski definition) is 1. The number of aryl methyl sites for hydroxylation is 1. The number of nitrogens with zero attached hydrogens (tertiary/aromatic N) is 2. The molecule has 0 radical (unpaired) electrons. The molecule has 0 unspecified atom stereocenters. The van der Waals surface area contributed by atoms with Crippen molar-refractivity contribution in [2.75, 3.05) is 33.4 Å². The van der Waals surface area contributed by atoms with E-state index in [-0.39, 0.29) is 0 Å². The number of nitrogens with one attached hydrogen (secondary N) is 1. The minimum absolute atomic E-state index is 0.807. The zero-order valence-electron chi connectivity index (χ0n) is 14.0. The molecular formula is C18H27N3O. The van der Waals surface area contributed by atoms with Gasteiger partial charge in [0.25, 0.3) is 0 Å². The fourth-order valence-electron chi connectivity index (χ4n) is 3.41. The highest BCUT2D eigenvalue weighted by Gasteiger charge is 2.20. The van der Waals surface area contributed by atoms with Crippen molar-refractivity contribution in [3.05, 3.63) is 35.0 Å². The molecule has 0 saturated carbocycles. The third-order valence-electron chi connectivity index (χ3n) is 4.61. The number of aromatic nitrogens is 1. The number of rotatable bonds is 7. The van der Waals surface area contributed by atoms with Gasteiger partial charge in [-0.3, -0.25) is 4.90 Å². The first-order chi connectivity index (χ1) is 10.7. The second-order valence-corrected chi connectivity index (χ2v) is 6.21. The lowest BCUT2D eigenvalue weighted by atomic mass is 10.0. The predicted octanol–water partition coefficient (Wildman–Crippen LogP) is 2.29. The summed E-state index contributed by atoms with van der Waals surface area (Å²) < 4.78 is 7.48. The summed E-state index contributed by atoms with van der Waals surface area (Å²) >= 11 is 0. The minimum atomic E-state index is 0.807. The average molecular weight is 301 g/mol. The van der Waals surface area contributed by atoms with E-state index in [1.807, 2.05) is 0 Å². The average Bonchev–Trinajstić information content (AvgIpc) is 3.04. The van der Waals surface area contributed by atoms with Crippen LogP contribution in [0, 0.1) is 0 Å². The standard InChI is InChI=1S/C18H27N3O/c1-4-19-6-5-14-11-20(2)18-10-16-13-21(7-8-22-3)12-15(16)9-17(14)18/h9-11,19H,4-8,12-13H2,1-3H3. The lowest BCUT2D eigenvalue weighted by Gasteiger charge is -2.13. The number of methoxy groups -OCH3 is 1. The third-order valence-corrected chi connectivity index (χ3v) is 4.61. The molecule has 0 atom stereocenters. The van der Waals surface area contributed by atoms with Crippen LogP contribution in [0.1, 0.15) is 23.6 Å². The van der Waals surface area contributed by atoms with Gasteiger partial charge in [-0.25, -0.2) is 0 Å². The van der Waals surface area contributed by atoms with Gasteiger partial charge in [0, 0.05) is 50.9 Å². The van der Waals surface area contributed by atoms with E-state index in [2.05, 4.69) is 47.1 Å². The molecular weight excluding hydrogens is 274 g/mol. The lowest BCUT2D eigenvalue weighted by Crippen LogP contribution is -2.21. The van der Waals surface area contributed by atoms with Crippen LogP contribution in [0.5, 0.6) is 0 Å². The first kappa shape index (κ1) is 15.5. The smallest absolute Gasteiger partial charge is 0.0589 e. The Kier molecular flexibility index (Phi) is 4.81. The maximum Gasteiger partial charge on any atom is 0.0589 e. The monoisotopic (exact) mass is 301 g/mol. The predicted molar refractivity (Wildman–Crippen MR) is 91.2 cm³/mol. The molecule has 0 amide bonds. The van der Waals surface area contributed by atoms with E-state index in [0.29, 0.717) is 0 Å². The lowest BCUT2D eigenvalue weighted by molar-refractivity contribution is 0.147. The van der Waals surface area contributed by atoms with E-state index >= 15 is 0 Å². The van der Waals surface area contributed by atoms with Crippen LogP contribution in [-0.2, 0) is 31.3 Å². The van der Waals surface area contributed by atoms with E-state index in [4.69, 9.17) is 4.74 Å². The van der Waals surface area contributed by atoms with E-state index < -0.39 is 0 Å². The molecule has 1 N–H and O–H groups in total. The Bertz CT molecular complexity index is 647. The van der Waals surface area contributed by atoms with Gasteiger partial charge in [0.1, 0.15) is 0 Å². The van der Waals surface area contributed by atoms with E-state index in [9.17, 15) is 0 Å². The van der Waals surface area contributed by atoms with Gasteiger partial charge < -0.3 is 14.6 Å². The Morgan fingerprint density at radius 3 is 2.73 bits per heavy atom. The first-order valence-electron chi connectivity index (χ1n) is 8.24. The van der Waals surface area contributed by atoms with Crippen molar-refractivity contribution in [1.29, 1.82) is 0 Å². The Morgan fingerprint density at radius 1 is 1.23 bits per heavy atom. The summed E-state index contributed by atoms with van der Waals surface area (Å²) in [7, 11) is 3.93. The van der Waals surface area contributed by atoms with Gasteiger partial charge in [0.2, 0.25) is 0 Å². The summed E-state index contributed by atoms with van der Waals surface area (Å²) in [5.74, 6) is 0. The summed E-state index contributed by atoms with van der Waals surface area (Å²) in [4.78, 5) is 2.46. The van der Waals surface area contributed by atoms with Crippen molar-refractivity contribution in [2.24, 2.45) is 7.05 Å². The SMILES string of the molecule is CCNCCc1cn(C)c2cc3c(cc12)CN(CCOC)C3. The van der Waals surface area contributed by atoms with Crippen LogP contribution >= 0.6 is 0 Å². The number of benzene rings is 1. The number of likely N-dealkylation sites (N-methyl/N-ethyl adjacent to an activating group) is 1. The van der Waals surface area contributed by atoms with Gasteiger partial charge in [-0.2, -0.15) is 0 Å². The third kappa shape index (κ3) is 3.05. The van der Waals surface area contributed by atoms with E-state index in [1.54, 1.807) is 7.11 Å². The van der Waals surface area contributed by atoms with Crippen LogP contribution in [0.25, 0.3) is 10.9 Å². The van der Waals surface area contributed by atoms with Crippen LogP contribution < -0.4 is 5.32 Å². The van der Waals surface area contributed by atoms with Gasteiger partial charge in [-0.1, -0.05) is 6.92 Å². The van der Waals surface area contributed by atoms with Gasteiger partial charge in [-0.15, -0.1) is 0 Å². The fourth-order valence-corrected chi connectivity index (χ4v) is 3.41. The largest absolute Gasteiger partial charge is 0.383 e. The molecule has 1 aliphatic heterocycles.